The van der Waals surface area contributed by atoms with Crippen molar-refractivity contribution >= 4 is 49.1 Å². The van der Waals surface area contributed by atoms with Crippen LogP contribution in [-0.4, -0.2) is 33.4 Å². The molecule has 0 radical (unpaired) electrons. The Kier molecular flexibility index (Phi) is 6.89. The summed E-state index contributed by atoms with van der Waals surface area (Å²) in [5.74, 6) is 0.432. The summed E-state index contributed by atoms with van der Waals surface area (Å²) in [6, 6.07) is 7.41. The summed E-state index contributed by atoms with van der Waals surface area (Å²) in [6.45, 7) is 6.40. The first-order valence-electron chi connectivity index (χ1n) is 10.8. The van der Waals surface area contributed by atoms with Crippen molar-refractivity contribution in [3.63, 3.8) is 0 Å². The minimum absolute atomic E-state index is 0.0426. The molecule has 164 valence electrons. The zero-order valence-corrected chi connectivity index (χ0v) is 20.3. The van der Waals surface area contributed by atoms with Crippen molar-refractivity contribution in [1.82, 2.24) is 14.5 Å². The lowest BCUT2D eigenvalue weighted by atomic mass is 9.97. The number of thiophene rings is 1. The van der Waals surface area contributed by atoms with Crippen LogP contribution in [-0.2, 0) is 30.7 Å². The second-order valence-corrected chi connectivity index (χ2v) is 9.83. The van der Waals surface area contributed by atoms with Gasteiger partial charge in [0.05, 0.1) is 11.9 Å². The van der Waals surface area contributed by atoms with Crippen LogP contribution in [0.5, 0.6) is 0 Å². The SMILES string of the molecule is CCN(CC)Cc1nc2sc3c(c2c(=O)n1CC(=O)Nc1ccc(Br)cc1)CCCC3. The minimum Gasteiger partial charge on any atom is -0.325 e. The Labute approximate surface area is 194 Å². The molecule has 1 aliphatic rings. The lowest BCUT2D eigenvalue weighted by molar-refractivity contribution is -0.116. The van der Waals surface area contributed by atoms with Gasteiger partial charge in [0, 0.05) is 15.0 Å². The van der Waals surface area contributed by atoms with Gasteiger partial charge in [0.25, 0.3) is 5.56 Å². The maximum Gasteiger partial charge on any atom is 0.263 e. The molecule has 8 heteroatoms. The highest BCUT2D eigenvalue weighted by Gasteiger charge is 2.23. The number of aromatic nitrogens is 2. The molecule has 0 atom stereocenters. The molecule has 0 aliphatic heterocycles. The Morgan fingerprint density at radius 2 is 1.90 bits per heavy atom. The number of carbonyl (C=O) groups excluding carboxylic acids is 1. The van der Waals surface area contributed by atoms with Crippen molar-refractivity contribution in [1.29, 1.82) is 0 Å². The average molecular weight is 503 g/mol. The van der Waals surface area contributed by atoms with Gasteiger partial charge in [-0.1, -0.05) is 29.8 Å². The number of rotatable bonds is 7. The van der Waals surface area contributed by atoms with Gasteiger partial charge >= 0.3 is 0 Å². The van der Waals surface area contributed by atoms with Crippen molar-refractivity contribution in [3.8, 4) is 0 Å². The van der Waals surface area contributed by atoms with Crippen LogP contribution in [0.2, 0.25) is 0 Å². The van der Waals surface area contributed by atoms with Gasteiger partial charge in [-0.2, -0.15) is 0 Å². The van der Waals surface area contributed by atoms with Gasteiger partial charge in [0.2, 0.25) is 5.91 Å². The number of anilines is 1. The zero-order chi connectivity index (χ0) is 22.0. The van der Waals surface area contributed by atoms with E-state index in [4.69, 9.17) is 4.98 Å². The molecule has 6 nitrogen and oxygen atoms in total. The number of amides is 1. The molecule has 1 aliphatic carbocycles. The molecule has 2 heterocycles. The Balaban J connectivity index is 1.73. The average Bonchev–Trinajstić information content (AvgIpc) is 3.14. The molecule has 31 heavy (non-hydrogen) atoms. The quantitative estimate of drug-likeness (QED) is 0.513. The summed E-state index contributed by atoms with van der Waals surface area (Å²) in [6.07, 6.45) is 4.21. The van der Waals surface area contributed by atoms with Gasteiger partial charge in [-0.15, -0.1) is 11.3 Å². The van der Waals surface area contributed by atoms with Crippen molar-refractivity contribution in [3.05, 3.63) is 55.4 Å². The van der Waals surface area contributed by atoms with E-state index in [2.05, 4.69) is 40.0 Å². The third-order valence-electron chi connectivity index (χ3n) is 5.84. The van der Waals surface area contributed by atoms with Crippen LogP contribution in [0.25, 0.3) is 10.2 Å². The lowest BCUT2D eigenvalue weighted by Crippen LogP contribution is -2.34. The molecule has 0 spiro atoms. The first-order valence-corrected chi connectivity index (χ1v) is 12.4. The number of nitrogens with zero attached hydrogens (tertiary/aromatic N) is 3. The highest BCUT2D eigenvalue weighted by molar-refractivity contribution is 9.10. The van der Waals surface area contributed by atoms with Gasteiger partial charge in [0.1, 0.15) is 17.2 Å². The van der Waals surface area contributed by atoms with E-state index in [0.29, 0.717) is 18.1 Å². The summed E-state index contributed by atoms with van der Waals surface area (Å²) in [5.41, 5.74) is 1.77. The van der Waals surface area contributed by atoms with E-state index in [-0.39, 0.29) is 18.0 Å². The van der Waals surface area contributed by atoms with E-state index in [1.165, 1.54) is 4.88 Å². The summed E-state index contributed by atoms with van der Waals surface area (Å²) >= 11 is 5.05. The fourth-order valence-corrected chi connectivity index (χ4v) is 5.62. The Morgan fingerprint density at radius 3 is 2.61 bits per heavy atom. The van der Waals surface area contributed by atoms with E-state index in [0.717, 1.165) is 59.0 Å². The molecule has 3 aromatic rings. The van der Waals surface area contributed by atoms with Crippen molar-refractivity contribution in [2.45, 2.75) is 52.6 Å². The number of aryl methyl sites for hydroxylation is 2. The standard InChI is InChI=1S/C23H27BrN4O2S/c1-3-27(4-2)13-19-26-22-21(17-7-5-6-8-18(17)31-22)23(30)28(19)14-20(29)25-16-11-9-15(24)10-12-16/h9-12H,3-8,13-14H2,1-2H3,(H,25,29). The zero-order valence-electron chi connectivity index (χ0n) is 17.9. The molecule has 0 unspecified atom stereocenters. The van der Waals surface area contributed by atoms with Crippen LogP contribution in [0, 0.1) is 0 Å². The van der Waals surface area contributed by atoms with Gasteiger partial charge in [-0.25, -0.2) is 4.98 Å². The predicted molar refractivity (Wildman–Crippen MR) is 130 cm³/mol. The van der Waals surface area contributed by atoms with Crippen molar-refractivity contribution < 1.29 is 4.79 Å². The molecule has 1 amide bonds. The molecular weight excluding hydrogens is 476 g/mol. The number of hydrogen-bond acceptors (Lipinski definition) is 5. The summed E-state index contributed by atoms with van der Waals surface area (Å²) < 4.78 is 2.52. The molecular formula is C23H27BrN4O2S. The first-order chi connectivity index (χ1) is 15.0. The minimum atomic E-state index is -0.226. The topological polar surface area (TPSA) is 67.2 Å². The Bertz CT molecular complexity index is 1150. The second kappa shape index (κ2) is 9.63. The Morgan fingerprint density at radius 1 is 1.19 bits per heavy atom. The van der Waals surface area contributed by atoms with Gasteiger partial charge in [0.15, 0.2) is 0 Å². The number of halogens is 1. The highest BCUT2D eigenvalue weighted by Crippen LogP contribution is 2.33. The summed E-state index contributed by atoms with van der Waals surface area (Å²) in [7, 11) is 0. The first kappa shape index (κ1) is 22.2. The second-order valence-electron chi connectivity index (χ2n) is 7.83. The third kappa shape index (κ3) is 4.76. The van der Waals surface area contributed by atoms with E-state index < -0.39 is 0 Å². The highest BCUT2D eigenvalue weighted by atomic mass is 79.9. The molecule has 1 N–H and O–H groups in total. The van der Waals surface area contributed by atoms with Crippen LogP contribution in [0.15, 0.2) is 33.5 Å². The van der Waals surface area contributed by atoms with E-state index in [1.54, 1.807) is 15.9 Å². The smallest absolute Gasteiger partial charge is 0.263 e. The normalized spacial score (nSPS) is 13.5. The molecule has 4 rings (SSSR count). The van der Waals surface area contributed by atoms with E-state index in [1.807, 2.05) is 24.3 Å². The Hall–Kier alpha value is -2.03. The van der Waals surface area contributed by atoms with Crippen LogP contribution in [0.1, 0.15) is 43.0 Å². The maximum absolute atomic E-state index is 13.6. The molecule has 0 fully saturated rings. The number of hydrogen-bond donors (Lipinski definition) is 1. The summed E-state index contributed by atoms with van der Waals surface area (Å²) in [4.78, 5) is 35.7. The fraction of sp³-hybridized carbons (Fsp3) is 0.435. The fourth-order valence-electron chi connectivity index (χ4n) is 4.09. The van der Waals surface area contributed by atoms with E-state index >= 15 is 0 Å². The van der Waals surface area contributed by atoms with Crippen LogP contribution < -0.4 is 10.9 Å². The summed E-state index contributed by atoms with van der Waals surface area (Å²) in [5, 5.41) is 3.62. The molecule has 0 bridgehead atoms. The van der Waals surface area contributed by atoms with Crippen molar-refractivity contribution in [2.24, 2.45) is 0 Å². The number of nitrogens with one attached hydrogen (secondary N) is 1. The van der Waals surface area contributed by atoms with E-state index in [9.17, 15) is 9.59 Å². The number of carbonyl (C=O) groups is 1. The van der Waals surface area contributed by atoms with Crippen LogP contribution in [0.4, 0.5) is 5.69 Å². The molecule has 1 aromatic carbocycles. The predicted octanol–water partition coefficient (Wildman–Crippen LogP) is 4.58. The van der Waals surface area contributed by atoms with Gasteiger partial charge < -0.3 is 5.32 Å². The van der Waals surface area contributed by atoms with Gasteiger partial charge in [-0.05, 0) is 68.6 Å². The van der Waals surface area contributed by atoms with Gasteiger partial charge in [-0.3, -0.25) is 19.1 Å². The lowest BCUT2D eigenvalue weighted by Gasteiger charge is -2.20. The monoisotopic (exact) mass is 502 g/mol. The molecule has 0 saturated heterocycles. The molecule has 0 saturated carbocycles. The maximum atomic E-state index is 13.6. The molecule has 2 aromatic heterocycles. The third-order valence-corrected chi connectivity index (χ3v) is 7.56. The van der Waals surface area contributed by atoms with Crippen LogP contribution >= 0.6 is 27.3 Å². The largest absolute Gasteiger partial charge is 0.325 e. The van der Waals surface area contributed by atoms with Crippen molar-refractivity contribution in [2.75, 3.05) is 18.4 Å². The van der Waals surface area contributed by atoms with Crippen LogP contribution in [0.3, 0.4) is 0 Å². The number of fused-ring (bicyclic) bond motifs is 3. The number of benzene rings is 1.